The summed E-state index contributed by atoms with van der Waals surface area (Å²) in [5, 5.41) is 0. The number of nitrogens with two attached hydrogens (primary N) is 1. The normalized spacial score (nSPS) is 14.1. The highest BCUT2D eigenvalue weighted by molar-refractivity contribution is 7.47. The molecule has 0 heterocycles. The number of carbonyl (C=O) groups is 2. The van der Waals surface area contributed by atoms with Crippen LogP contribution in [-0.2, 0) is 32.7 Å². The van der Waals surface area contributed by atoms with E-state index in [1.807, 2.05) is 0 Å². The molecule has 0 saturated heterocycles. The highest BCUT2D eigenvalue weighted by Crippen LogP contribution is 2.43. The minimum absolute atomic E-state index is 0.0405. The predicted molar refractivity (Wildman–Crippen MR) is 366 cm³/mol. The first-order chi connectivity index (χ1) is 41.8. The number of hydrogen-bond acceptors (Lipinski definition) is 8. The van der Waals surface area contributed by atoms with E-state index in [1.54, 1.807) is 0 Å². The van der Waals surface area contributed by atoms with E-state index in [-0.39, 0.29) is 32.6 Å². The molecule has 0 rings (SSSR count). The van der Waals surface area contributed by atoms with Crippen molar-refractivity contribution in [2.24, 2.45) is 5.73 Å². The molecule has 10 heteroatoms. The van der Waals surface area contributed by atoms with Crippen LogP contribution in [0, 0.1) is 0 Å². The zero-order valence-electron chi connectivity index (χ0n) is 53.8. The zero-order chi connectivity index (χ0) is 61.6. The predicted octanol–water partition coefficient (Wildman–Crippen LogP) is 22.2. The molecule has 3 N–H and O–H groups in total. The number of unbranched alkanes of at least 4 members (excludes halogenated alkanes) is 20. The molecule has 0 saturated carbocycles. The lowest BCUT2D eigenvalue weighted by atomic mass is 10.1. The Hall–Kier alpha value is -4.63. The number of rotatable bonds is 61. The lowest BCUT2D eigenvalue weighted by Crippen LogP contribution is -2.29. The van der Waals surface area contributed by atoms with Crippen molar-refractivity contribution in [2.45, 2.75) is 264 Å². The number of carbonyl (C=O) groups excluding carboxylic acids is 2. The van der Waals surface area contributed by atoms with Crippen LogP contribution < -0.4 is 5.73 Å². The maximum Gasteiger partial charge on any atom is 0.472 e. The van der Waals surface area contributed by atoms with Gasteiger partial charge in [-0.2, -0.15) is 0 Å². The monoisotopic (exact) mass is 1200 g/mol. The van der Waals surface area contributed by atoms with Gasteiger partial charge in [0.2, 0.25) is 0 Å². The summed E-state index contributed by atoms with van der Waals surface area (Å²) < 4.78 is 33.1. The molecule has 9 nitrogen and oxygen atoms in total. The molecule has 2 unspecified atom stereocenters. The van der Waals surface area contributed by atoms with Crippen LogP contribution in [0.2, 0.25) is 0 Å². The molecular formula is C75H122NO8P. The van der Waals surface area contributed by atoms with Crippen molar-refractivity contribution in [3.05, 3.63) is 170 Å². The Morgan fingerprint density at radius 2 is 0.647 bits per heavy atom. The van der Waals surface area contributed by atoms with Crippen molar-refractivity contribution < 1.29 is 37.6 Å². The number of hydrogen-bond donors (Lipinski definition) is 2. The van der Waals surface area contributed by atoms with E-state index in [9.17, 15) is 19.0 Å². The summed E-state index contributed by atoms with van der Waals surface area (Å²) in [5.41, 5.74) is 5.39. The van der Waals surface area contributed by atoms with E-state index in [0.29, 0.717) is 6.42 Å². The average Bonchev–Trinajstić information content (AvgIpc) is 3.53. The van der Waals surface area contributed by atoms with Crippen molar-refractivity contribution in [2.75, 3.05) is 26.4 Å². The third-order valence-corrected chi connectivity index (χ3v) is 14.6. The largest absolute Gasteiger partial charge is 0.472 e. The summed E-state index contributed by atoms with van der Waals surface area (Å²) in [6.45, 7) is 3.58. The third kappa shape index (κ3) is 68.4. The Morgan fingerprint density at radius 3 is 0.965 bits per heavy atom. The van der Waals surface area contributed by atoms with Gasteiger partial charge in [0, 0.05) is 19.4 Å². The summed E-state index contributed by atoms with van der Waals surface area (Å²) in [5.74, 6) is -0.864. The Bertz CT molecular complexity index is 2000. The van der Waals surface area contributed by atoms with Gasteiger partial charge < -0.3 is 20.1 Å². The van der Waals surface area contributed by atoms with Crippen LogP contribution in [0.5, 0.6) is 0 Å². The number of esters is 2. The number of allylic oxidation sites excluding steroid dienone is 28. The second kappa shape index (κ2) is 68.5. The van der Waals surface area contributed by atoms with E-state index < -0.39 is 32.5 Å². The van der Waals surface area contributed by atoms with Gasteiger partial charge in [0.1, 0.15) is 6.61 Å². The second-order valence-corrected chi connectivity index (χ2v) is 23.1. The van der Waals surface area contributed by atoms with Gasteiger partial charge >= 0.3 is 19.8 Å². The van der Waals surface area contributed by atoms with Gasteiger partial charge in [-0.05, 0) is 135 Å². The Morgan fingerprint density at radius 1 is 0.365 bits per heavy atom. The van der Waals surface area contributed by atoms with Crippen LogP contribution in [0.25, 0.3) is 0 Å². The van der Waals surface area contributed by atoms with Crippen LogP contribution in [0.3, 0.4) is 0 Å². The fourth-order valence-electron chi connectivity index (χ4n) is 8.65. The lowest BCUT2D eigenvalue weighted by Gasteiger charge is -2.19. The molecule has 0 aromatic rings. The molecule has 0 aromatic heterocycles. The van der Waals surface area contributed by atoms with Gasteiger partial charge in [-0.25, -0.2) is 4.57 Å². The second-order valence-electron chi connectivity index (χ2n) is 21.6. The van der Waals surface area contributed by atoms with Crippen molar-refractivity contribution in [3.8, 4) is 0 Å². The molecule has 0 amide bonds. The van der Waals surface area contributed by atoms with Crippen LogP contribution >= 0.6 is 7.82 Å². The van der Waals surface area contributed by atoms with E-state index in [0.717, 1.165) is 148 Å². The van der Waals surface area contributed by atoms with Crippen molar-refractivity contribution in [1.82, 2.24) is 0 Å². The van der Waals surface area contributed by atoms with Crippen LogP contribution in [-0.4, -0.2) is 49.3 Å². The molecule has 0 aromatic carbocycles. The molecule has 0 spiro atoms. The molecule has 0 aliphatic heterocycles. The van der Waals surface area contributed by atoms with Crippen molar-refractivity contribution in [3.63, 3.8) is 0 Å². The zero-order valence-corrected chi connectivity index (χ0v) is 54.7. The van der Waals surface area contributed by atoms with Gasteiger partial charge in [0.05, 0.1) is 13.2 Å². The summed E-state index contributed by atoms with van der Waals surface area (Å²) in [4.78, 5) is 35.3. The summed E-state index contributed by atoms with van der Waals surface area (Å²) in [6, 6.07) is 0. The first kappa shape index (κ1) is 80.4. The van der Waals surface area contributed by atoms with Crippen LogP contribution in [0.1, 0.15) is 258 Å². The quantitative estimate of drug-likeness (QED) is 0.0264. The van der Waals surface area contributed by atoms with E-state index in [4.69, 9.17) is 24.3 Å². The Kier molecular flexibility index (Phi) is 64.8. The SMILES string of the molecule is CC/C=C\C/C=C\C/C=C\C/C=C\C/C=C\C/C=C\C/C=C\C/C=C\C/C=C\C/C=C\C/C=C\CCCCCCCC(=O)OC(COC(=O)CCCCCCCCCCCC/C=C\C/C=C\C/C=C\CCCCCCC)COP(=O)(O)OCCN. The number of ether oxygens (including phenoxy) is 2. The van der Waals surface area contributed by atoms with Crippen LogP contribution in [0.4, 0.5) is 0 Å². The molecule has 2 atom stereocenters. The maximum absolute atomic E-state index is 12.7. The van der Waals surface area contributed by atoms with Crippen LogP contribution in [0.15, 0.2) is 170 Å². The molecule has 0 aliphatic rings. The van der Waals surface area contributed by atoms with Gasteiger partial charge in [0.25, 0.3) is 0 Å². The Labute approximate surface area is 521 Å². The summed E-state index contributed by atoms with van der Waals surface area (Å²) in [6.07, 6.45) is 101. The topological polar surface area (TPSA) is 134 Å². The van der Waals surface area contributed by atoms with Gasteiger partial charge in [0.15, 0.2) is 6.10 Å². The Balaban J connectivity index is 4.05. The fourth-order valence-corrected chi connectivity index (χ4v) is 9.41. The molecule has 0 bridgehead atoms. The highest BCUT2D eigenvalue weighted by atomic mass is 31.2. The minimum atomic E-state index is -4.41. The number of phosphoric acid groups is 1. The molecule has 0 radical (unpaired) electrons. The van der Waals surface area contributed by atoms with E-state index >= 15 is 0 Å². The third-order valence-electron chi connectivity index (χ3n) is 13.6. The fraction of sp³-hybridized carbons (Fsp3) is 0.600. The summed E-state index contributed by atoms with van der Waals surface area (Å²) in [7, 11) is -4.41. The summed E-state index contributed by atoms with van der Waals surface area (Å²) >= 11 is 0. The highest BCUT2D eigenvalue weighted by Gasteiger charge is 2.26. The smallest absolute Gasteiger partial charge is 0.462 e. The average molecular weight is 1200 g/mol. The molecule has 480 valence electrons. The first-order valence-electron chi connectivity index (χ1n) is 33.6. The minimum Gasteiger partial charge on any atom is -0.462 e. The first-order valence-corrected chi connectivity index (χ1v) is 35.1. The lowest BCUT2D eigenvalue weighted by molar-refractivity contribution is -0.161. The van der Waals surface area contributed by atoms with Gasteiger partial charge in [-0.15, -0.1) is 0 Å². The maximum atomic E-state index is 12.7. The van der Waals surface area contributed by atoms with Crippen molar-refractivity contribution >= 4 is 19.8 Å². The molecular weight excluding hydrogens is 1070 g/mol. The van der Waals surface area contributed by atoms with E-state index in [1.165, 1.54) is 77.0 Å². The molecule has 0 aliphatic carbocycles. The standard InChI is InChI=1S/C75H122NO8P/c1-3-5-7-9-11-13-15-17-19-21-23-25-27-29-30-31-32-33-34-35-36-37-38-39-40-41-42-44-46-48-50-52-54-56-58-60-62-64-66-68-75(78)84-73(72-83-85(79,80)82-70-69-76)71-81-74(77)67-65-63-61-59-57-55-53-51-49-47-45-43-28-26-24-22-20-18-16-14-12-10-8-6-4-2/h5,7,11,13,16-19,22-25,28-30,32-33,35-36,38-39,41-43,46,48,52,54,73H,3-4,6,8-10,12,14-15,20-21,26-27,31,34,37,40,44-45,47,49-51,53,55-72,76H2,1-2H3,(H,79,80)/b7-5-,13-11-,18-16-,19-17-,24-22-,25-23-,30-29-,33-32-,36-35-,39-38-,42-41-,43-28-,48-46-,54-52-. The molecule has 85 heavy (non-hydrogen) atoms. The van der Waals surface area contributed by atoms with Gasteiger partial charge in [-0.3, -0.25) is 18.6 Å². The van der Waals surface area contributed by atoms with Crippen molar-refractivity contribution in [1.29, 1.82) is 0 Å². The number of phosphoric ester groups is 1. The van der Waals surface area contributed by atoms with Gasteiger partial charge in [-0.1, -0.05) is 280 Å². The molecule has 0 fully saturated rings. The van der Waals surface area contributed by atoms with E-state index in [2.05, 4.69) is 184 Å².